The summed E-state index contributed by atoms with van der Waals surface area (Å²) in [4.78, 5) is 27.1. The number of carbonyl (C=O) groups is 2. The first-order valence-electron chi connectivity index (χ1n) is 12.8. The highest BCUT2D eigenvalue weighted by molar-refractivity contribution is 5.82. The van der Waals surface area contributed by atoms with Gasteiger partial charge in [-0.3, -0.25) is 9.69 Å². The zero-order chi connectivity index (χ0) is 25.7. The number of unbranched alkanes of at least 4 members (excludes halogenated alkanes) is 2. The molecule has 0 aliphatic rings. The lowest BCUT2D eigenvalue weighted by Crippen LogP contribution is -2.56. The summed E-state index contributed by atoms with van der Waals surface area (Å²) in [5, 5.41) is 13.5. The zero-order valence-corrected chi connectivity index (χ0v) is 22.3. The number of amides is 1. The smallest absolute Gasteiger partial charge is 0.329 e. The normalized spacial score (nSPS) is 14.4. The van der Waals surface area contributed by atoms with E-state index in [0.717, 1.165) is 31.2 Å². The first-order valence-corrected chi connectivity index (χ1v) is 12.8. The average molecular weight is 475 g/mol. The van der Waals surface area contributed by atoms with E-state index >= 15 is 0 Å². The zero-order valence-electron chi connectivity index (χ0n) is 22.3. The van der Waals surface area contributed by atoms with Crippen molar-refractivity contribution in [3.8, 4) is 5.75 Å². The summed E-state index contributed by atoms with van der Waals surface area (Å²) < 4.78 is 5.69. The van der Waals surface area contributed by atoms with Crippen LogP contribution < -0.4 is 10.1 Å². The molecule has 0 bridgehead atoms. The number of allylic oxidation sites excluding steroid dienone is 2. The summed E-state index contributed by atoms with van der Waals surface area (Å²) in [6.07, 6.45) is 8.45. The molecule has 0 radical (unpaired) electrons. The number of aliphatic carboxylic acids is 1. The van der Waals surface area contributed by atoms with E-state index in [-0.39, 0.29) is 11.8 Å². The molecule has 0 aliphatic carbocycles. The van der Waals surface area contributed by atoms with Crippen LogP contribution >= 0.6 is 0 Å². The van der Waals surface area contributed by atoms with Crippen molar-refractivity contribution in [1.29, 1.82) is 0 Å². The molecule has 192 valence electrons. The van der Waals surface area contributed by atoms with Gasteiger partial charge in [-0.1, -0.05) is 72.2 Å². The van der Waals surface area contributed by atoms with E-state index in [1.807, 2.05) is 50.8 Å². The lowest BCUT2D eigenvalue weighted by Gasteiger charge is -2.44. The number of ether oxygens (including phenoxy) is 1. The Morgan fingerprint density at radius 1 is 1.15 bits per heavy atom. The highest BCUT2D eigenvalue weighted by Gasteiger charge is 2.50. The monoisotopic (exact) mass is 474 g/mol. The van der Waals surface area contributed by atoms with Crippen molar-refractivity contribution in [2.45, 2.75) is 85.7 Å². The Morgan fingerprint density at radius 3 is 2.35 bits per heavy atom. The SMILES string of the molecule is CC[C@H](C)[C@](C(=O)O)(c1ccc(CNC(=O)CCCCC=CC(C)C)cc1OC)N(CC)CC. The second-order valence-electron chi connectivity index (χ2n) is 9.28. The molecule has 2 N–H and O–H groups in total. The van der Waals surface area contributed by atoms with Crippen LogP contribution in [0.4, 0.5) is 0 Å². The van der Waals surface area contributed by atoms with Crippen molar-refractivity contribution in [3.63, 3.8) is 0 Å². The maximum atomic E-state index is 12.8. The van der Waals surface area contributed by atoms with Gasteiger partial charge in [0.2, 0.25) is 5.91 Å². The number of carboxylic acid groups (broad SMARTS) is 1. The Morgan fingerprint density at radius 2 is 1.82 bits per heavy atom. The molecule has 0 spiro atoms. The number of nitrogens with one attached hydrogen (secondary N) is 1. The molecule has 0 unspecified atom stereocenters. The van der Waals surface area contributed by atoms with Crippen LogP contribution in [0.5, 0.6) is 5.75 Å². The number of hydrogen-bond donors (Lipinski definition) is 2. The first-order chi connectivity index (χ1) is 16.2. The summed E-state index contributed by atoms with van der Waals surface area (Å²) >= 11 is 0. The Kier molecular flexibility index (Phi) is 12.9. The average Bonchev–Trinajstić information content (AvgIpc) is 2.82. The van der Waals surface area contributed by atoms with Gasteiger partial charge in [0, 0.05) is 18.5 Å². The molecule has 0 heterocycles. The van der Waals surface area contributed by atoms with Gasteiger partial charge in [-0.2, -0.15) is 0 Å². The van der Waals surface area contributed by atoms with Gasteiger partial charge in [0.05, 0.1) is 7.11 Å². The third-order valence-corrected chi connectivity index (χ3v) is 6.63. The number of carboxylic acids is 1. The van der Waals surface area contributed by atoms with Gasteiger partial charge in [0.25, 0.3) is 0 Å². The highest BCUT2D eigenvalue weighted by atomic mass is 16.5. The number of likely N-dealkylation sites (N-methyl/N-ethyl adjacent to an activating group) is 1. The molecule has 2 atom stereocenters. The summed E-state index contributed by atoms with van der Waals surface area (Å²) in [6.45, 7) is 13.9. The van der Waals surface area contributed by atoms with Crippen molar-refractivity contribution >= 4 is 11.9 Å². The van der Waals surface area contributed by atoms with Crippen molar-refractivity contribution in [3.05, 3.63) is 41.5 Å². The van der Waals surface area contributed by atoms with Crippen LogP contribution in [0.2, 0.25) is 0 Å². The third-order valence-electron chi connectivity index (χ3n) is 6.63. The van der Waals surface area contributed by atoms with Crippen molar-refractivity contribution in [1.82, 2.24) is 10.2 Å². The van der Waals surface area contributed by atoms with E-state index in [1.54, 1.807) is 7.11 Å². The minimum atomic E-state index is -1.19. The first kappa shape index (κ1) is 29.7. The molecule has 0 fully saturated rings. The third kappa shape index (κ3) is 7.59. The number of rotatable bonds is 16. The van der Waals surface area contributed by atoms with E-state index in [9.17, 15) is 14.7 Å². The molecule has 1 aromatic carbocycles. The van der Waals surface area contributed by atoms with E-state index < -0.39 is 11.5 Å². The fourth-order valence-corrected chi connectivity index (χ4v) is 4.59. The second kappa shape index (κ2) is 14.8. The summed E-state index contributed by atoms with van der Waals surface area (Å²) in [5.41, 5.74) is 0.358. The van der Waals surface area contributed by atoms with Crippen LogP contribution in [0.25, 0.3) is 0 Å². The maximum absolute atomic E-state index is 12.8. The number of benzene rings is 1. The number of hydrogen-bond acceptors (Lipinski definition) is 4. The molecule has 1 aromatic rings. The van der Waals surface area contributed by atoms with Gasteiger partial charge in [0.15, 0.2) is 5.54 Å². The lowest BCUT2D eigenvalue weighted by atomic mass is 9.75. The van der Waals surface area contributed by atoms with Crippen LogP contribution in [0.1, 0.15) is 84.8 Å². The van der Waals surface area contributed by atoms with Crippen molar-refractivity contribution in [2.24, 2.45) is 11.8 Å². The highest BCUT2D eigenvalue weighted by Crippen LogP contribution is 2.43. The second-order valence-corrected chi connectivity index (χ2v) is 9.28. The number of nitrogens with zero attached hydrogens (tertiary/aromatic N) is 1. The molecule has 0 aromatic heterocycles. The van der Waals surface area contributed by atoms with Crippen LogP contribution in [0.3, 0.4) is 0 Å². The molecule has 0 aliphatic heterocycles. The fraction of sp³-hybridized carbons (Fsp3) is 0.643. The van der Waals surface area contributed by atoms with Gasteiger partial charge in [0.1, 0.15) is 5.75 Å². The standard InChI is InChI=1S/C28H46N2O4/c1-8-22(6)28(27(32)33,30(9-2)10-3)24-18-17-23(19-25(24)34-7)20-29-26(31)16-14-12-11-13-15-21(4)5/h13,15,17-19,21-22H,8-12,14,16,20H2,1-7H3,(H,29,31)(H,32,33)/t22-,28+/m0/s1. The number of methoxy groups -OCH3 is 1. The minimum absolute atomic E-state index is 0.0264. The predicted octanol–water partition coefficient (Wildman–Crippen LogP) is 5.75. The van der Waals surface area contributed by atoms with E-state index in [1.165, 1.54) is 0 Å². The van der Waals surface area contributed by atoms with Gasteiger partial charge < -0.3 is 15.2 Å². The van der Waals surface area contributed by atoms with Crippen LogP contribution in [0, 0.1) is 11.8 Å². The molecule has 1 rings (SSSR count). The van der Waals surface area contributed by atoms with Gasteiger partial charge in [-0.25, -0.2) is 4.79 Å². The Balaban J connectivity index is 2.99. The van der Waals surface area contributed by atoms with Gasteiger partial charge >= 0.3 is 5.97 Å². The Labute approximate surface area is 206 Å². The van der Waals surface area contributed by atoms with E-state index in [0.29, 0.717) is 43.3 Å². The van der Waals surface area contributed by atoms with Crippen LogP contribution in [-0.4, -0.2) is 42.1 Å². The molecule has 6 heteroatoms. The van der Waals surface area contributed by atoms with E-state index in [4.69, 9.17) is 4.74 Å². The lowest BCUT2D eigenvalue weighted by molar-refractivity contribution is -0.157. The molecule has 0 saturated carbocycles. The quantitative estimate of drug-likeness (QED) is 0.235. The summed E-state index contributed by atoms with van der Waals surface area (Å²) in [6, 6.07) is 5.62. The molecule has 34 heavy (non-hydrogen) atoms. The molecule has 6 nitrogen and oxygen atoms in total. The maximum Gasteiger partial charge on any atom is 0.329 e. The van der Waals surface area contributed by atoms with Crippen molar-refractivity contribution < 1.29 is 19.4 Å². The summed E-state index contributed by atoms with van der Waals surface area (Å²) in [7, 11) is 1.57. The number of carbonyl (C=O) groups excluding carboxylic acids is 1. The molecular weight excluding hydrogens is 428 g/mol. The minimum Gasteiger partial charge on any atom is -0.496 e. The summed E-state index contributed by atoms with van der Waals surface area (Å²) in [5.74, 6) is 0.134. The van der Waals surface area contributed by atoms with Gasteiger partial charge in [-0.15, -0.1) is 0 Å². The van der Waals surface area contributed by atoms with E-state index in [2.05, 4.69) is 31.3 Å². The fourth-order valence-electron chi connectivity index (χ4n) is 4.59. The Hall–Kier alpha value is -2.34. The van der Waals surface area contributed by atoms with Gasteiger partial charge in [-0.05, 0) is 55.8 Å². The largest absolute Gasteiger partial charge is 0.496 e. The molecule has 0 saturated heterocycles. The van der Waals surface area contributed by atoms with Crippen molar-refractivity contribution in [2.75, 3.05) is 20.2 Å². The predicted molar refractivity (Wildman–Crippen MR) is 139 cm³/mol. The van der Waals surface area contributed by atoms with Crippen LogP contribution in [0.15, 0.2) is 30.4 Å². The molecule has 1 amide bonds. The Bertz CT molecular complexity index is 802. The van der Waals surface area contributed by atoms with Crippen LogP contribution in [-0.2, 0) is 21.7 Å². The molecular formula is C28H46N2O4. The topological polar surface area (TPSA) is 78.9 Å².